The summed E-state index contributed by atoms with van der Waals surface area (Å²) in [6, 6.07) is 7.10. The fourth-order valence-electron chi connectivity index (χ4n) is 2.40. The van der Waals surface area contributed by atoms with Gasteiger partial charge in [0.15, 0.2) is 19.3 Å². The highest BCUT2D eigenvalue weighted by Gasteiger charge is 2.16. The number of methoxy groups -OCH3 is 1. The molecule has 25 heavy (non-hydrogen) atoms. The van der Waals surface area contributed by atoms with Crippen LogP contribution in [0.1, 0.15) is 13.8 Å². The van der Waals surface area contributed by atoms with E-state index in [-0.39, 0.29) is 12.2 Å². The van der Waals surface area contributed by atoms with Gasteiger partial charge in [-0.3, -0.25) is 9.36 Å². The molecule has 0 amide bonds. The SMILES string of the molecule is Bc1cc2ncn(-c3ccc(OCC(C)(C)O)c(OC)c3)c(=O)c2s1. The molecular weight excluding hydrogens is 339 g/mol. The lowest BCUT2D eigenvalue weighted by Crippen LogP contribution is -2.28. The largest absolute Gasteiger partial charge is 0.493 e. The molecule has 0 radical (unpaired) electrons. The molecule has 0 spiro atoms. The summed E-state index contributed by atoms with van der Waals surface area (Å²) < 4.78 is 14.1. The zero-order valence-electron chi connectivity index (χ0n) is 14.6. The Labute approximate surface area is 150 Å². The maximum absolute atomic E-state index is 12.7. The van der Waals surface area contributed by atoms with Gasteiger partial charge < -0.3 is 14.6 Å². The highest BCUT2D eigenvalue weighted by atomic mass is 32.1. The van der Waals surface area contributed by atoms with Gasteiger partial charge in [0.25, 0.3) is 5.56 Å². The average molecular weight is 358 g/mol. The van der Waals surface area contributed by atoms with Crippen molar-refractivity contribution in [3.63, 3.8) is 0 Å². The minimum Gasteiger partial charge on any atom is -0.493 e. The van der Waals surface area contributed by atoms with E-state index in [0.717, 1.165) is 4.78 Å². The van der Waals surface area contributed by atoms with Crippen LogP contribution < -0.4 is 19.8 Å². The van der Waals surface area contributed by atoms with Gasteiger partial charge in [0, 0.05) is 6.07 Å². The first kappa shape index (κ1) is 17.5. The van der Waals surface area contributed by atoms with E-state index in [0.29, 0.717) is 27.4 Å². The molecule has 6 nitrogen and oxygen atoms in total. The molecule has 1 N–H and O–H groups in total. The number of aromatic nitrogens is 2. The number of hydrogen-bond acceptors (Lipinski definition) is 6. The van der Waals surface area contributed by atoms with Crippen molar-refractivity contribution in [1.82, 2.24) is 9.55 Å². The Morgan fingerprint density at radius 2 is 2.08 bits per heavy atom. The number of aliphatic hydroxyl groups is 1. The highest BCUT2D eigenvalue weighted by molar-refractivity contribution is 7.26. The predicted molar refractivity (Wildman–Crippen MR) is 102 cm³/mol. The molecule has 3 aromatic rings. The molecule has 8 heteroatoms. The Hall–Kier alpha value is -2.32. The number of benzene rings is 1. The summed E-state index contributed by atoms with van der Waals surface area (Å²) in [5, 5.41) is 9.80. The van der Waals surface area contributed by atoms with Gasteiger partial charge in [-0.1, -0.05) is 0 Å². The molecule has 0 bridgehead atoms. The molecule has 2 heterocycles. The van der Waals surface area contributed by atoms with Crippen LogP contribution in [0.15, 0.2) is 35.4 Å². The van der Waals surface area contributed by atoms with Crippen LogP contribution in [0.3, 0.4) is 0 Å². The first-order valence-electron chi connectivity index (χ1n) is 7.80. The Balaban J connectivity index is 2.01. The van der Waals surface area contributed by atoms with Crippen molar-refractivity contribution >= 4 is 34.2 Å². The van der Waals surface area contributed by atoms with E-state index in [1.165, 1.54) is 29.3 Å². The zero-order valence-corrected chi connectivity index (χ0v) is 15.4. The summed E-state index contributed by atoms with van der Waals surface area (Å²) in [6.07, 6.45) is 1.52. The first-order valence-corrected chi connectivity index (χ1v) is 8.61. The van der Waals surface area contributed by atoms with Gasteiger partial charge in [-0.25, -0.2) is 4.98 Å². The quantitative estimate of drug-likeness (QED) is 0.685. The molecule has 0 atom stereocenters. The van der Waals surface area contributed by atoms with Gasteiger partial charge in [-0.15, -0.1) is 11.3 Å². The van der Waals surface area contributed by atoms with Gasteiger partial charge in [0.05, 0.1) is 23.9 Å². The highest BCUT2D eigenvalue weighted by Crippen LogP contribution is 2.30. The third-order valence-electron chi connectivity index (χ3n) is 3.57. The summed E-state index contributed by atoms with van der Waals surface area (Å²) in [5.41, 5.74) is 0.279. The van der Waals surface area contributed by atoms with E-state index in [2.05, 4.69) is 4.98 Å². The van der Waals surface area contributed by atoms with Gasteiger partial charge in [0.2, 0.25) is 0 Å². The zero-order chi connectivity index (χ0) is 18.2. The van der Waals surface area contributed by atoms with Crippen molar-refractivity contribution in [1.29, 1.82) is 0 Å². The average Bonchev–Trinajstić information content (AvgIpc) is 2.94. The molecule has 0 saturated carbocycles. The fourth-order valence-corrected chi connectivity index (χ4v) is 3.29. The second-order valence-corrected chi connectivity index (χ2v) is 7.68. The van der Waals surface area contributed by atoms with Crippen molar-refractivity contribution in [2.24, 2.45) is 0 Å². The van der Waals surface area contributed by atoms with E-state index >= 15 is 0 Å². The van der Waals surface area contributed by atoms with Crippen LogP contribution in [0.25, 0.3) is 15.9 Å². The Morgan fingerprint density at radius 1 is 1.32 bits per heavy atom. The summed E-state index contributed by atoms with van der Waals surface area (Å²) in [5.74, 6) is 0.985. The molecule has 0 saturated heterocycles. The second kappa shape index (κ2) is 6.53. The van der Waals surface area contributed by atoms with Crippen LogP contribution >= 0.6 is 11.3 Å². The van der Waals surface area contributed by atoms with E-state index < -0.39 is 5.60 Å². The fraction of sp³-hybridized carbons (Fsp3) is 0.294. The van der Waals surface area contributed by atoms with Gasteiger partial charge in [-0.2, -0.15) is 0 Å². The van der Waals surface area contributed by atoms with Crippen molar-refractivity contribution < 1.29 is 14.6 Å². The normalized spacial score (nSPS) is 11.7. The van der Waals surface area contributed by atoms with Crippen LogP contribution in [-0.4, -0.2) is 41.8 Å². The second-order valence-electron chi connectivity index (χ2n) is 6.43. The first-order chi connectivity index (χ1) is 11.8. The maximum Gasteiger partial charge on any atom is 0.275 e. The van der Waals surface area contributed by atoms with Gasteiger partial charge in [-0.05, 0) is 36.8 Å². The Bertz CT molecular complexity index is 975. The number of ether oxygens (including phenoxy) is 2. The lowest BCUT2D eigenvalue weighted by atomic mass is 10.1. The third kappa shape index (κ3) is 3.70. The molecule has 2 aromatic heterocycles. The molecule has 1 aromatic carbocycles. The van der Waals surface area contributed by atoms with Crippen LogP contribution in [-0.2, 0) is 0 Å². The Kier molecular flexibility index (Phi) is 4.57. The summed E-state index contributed by atoms with van der Waals surface area (Å²) in [4.78, 5) is 17.1. The summed E-state index contributed by atoms with van der Waals surface area (Å²) in [7, 11) is 3.48. The maximum atomic E-state index is 12.7. The monoisotopic (exact) mass is 358 g/mol. The topological polar surface area (TPSA) is 73.6 Å². The minimum atomic E-state index is -0.952. The van der Waals surface area contributed by atoms with Crippen LogP contribution in [0.5, 0.6) is 11.5 Å². The molecule has 3 rings (SSSR count). The molecule has 0 unspecified atom stereocenters. The van der Waals surface area contributed by atoms with Crippen LogP contribution in [0, 0.1) is 0 Å². The number of fused-ring (bicyclic) bond motifs is 1. The van der Waals surface area contributed by atoms with Gasteiger partial charge >= 0.3 is 0 Å². The summed E-state index contributed by atoms with van der Waals surface area (Å²) in [6.45, 7) is 3.46. The van der Waals surface area contributed by atoms with Crippen molar-refractivity contribution in [2.75, 3.05) is 13.7 Å². The molecule has 130 valence electrons. The lowest BCUT2D eigenvalue weighted by Gasteiger charge is -2.19. The van der Waals surface area contributed by atoms with Crippen molar-refractivity contribution in [3.8, 4) is 17.2 Å². The van der Waals surface area contributed by atoms with Crippen molar-refractivity contribution in [2.45, 2.75) is 19.4 Å². The van der Waals surface area contributed by atoms with Crippen molar-refractivity contribution in [3.05, 3.63) is 40.9 Å². The third-order valence-corrected chi connectivity index (χ3v) is 4.59. The van der Waals surface area contributed by atoms with E-state index in [9.17, 15) is 9.90 Å². The number of hydrogen-bond donors (Lipinski definition) is 1. The molecule has 0 fully saturated rings. The van der Waals surface area contributed by atoms with E-state index in [4.69, 9.17) is 9.47 Å². The molecular formula is C17H19BN2O4S. The standard InChI is InChI=1S/C17H19BN2O4S/c1-17(2,22)8-24-12-5-4-10(6-13(12)23-3)20-9-19-11-7-14(18)25-15(11)16(20)21/h4-7,9,22H,8,18H2,1-3H3. The van der Waals surface area contributed by atoms with Gasteiger partial charge in [0.1, 0.15) is 17.6 Å². The number of thiophene rings is 1. The number of nitrogens with zero attached hydrogens (tertiary/aromatic N) is 2. The predicted octanol–water partition coefficient (Wildman–Crippen LogP) is 0.864. The van der Waals surface area contributed by atoms with E-state index in [1.807, 2.05) is 13.9 Å². The molecule has 0 aliphatic heterocycles. The summed E-state index contributed by atoms with van der Waals surface area (Å²) >= 11 is 1.43. The molecule has 0 aliphatic rings. The number of rotatable bonds is 5. The van der Waals surface area contributed by atoms with Crippen LogP contribution in [0.4, 0.5) is 0 Å². The molecule has 0 aliphatic carbocycles. The smallest absolute Gasteiger partial charge is 0.275 e. The Morgan fingerprint density at radius 3 is 2.76 bits per heavy atom. The van der Waals surface area contributed by atoms with E-state index in [1.54, 1.807) is 32.0 Å². The lowest BCUT2D eigenvalue weighted by molar-refractivity contribution is 0.0276. The minimum absolute atomic E-state index is 0.115. The van der Waals surface area contributed by atoms with Crippen LogP contribution in [0.2, 0.25) is 0 Å².